The minimum absolute atomic E-state index is 0. The summed E-state index contributed by atoms with van der Waals surface area (Å²) in [6.45, 7) is 0. The van der Waals surface area contributed by atoms with Gasteiger partial charge in [0.2, 0.25) is 0 Å². The van der Waals surface area contributed by atoms with Crippen molar-refractivity contribution < 1.29 is 29.0 Å². The normalized spacial score (nSPS) is 7.00. The van der Waals surface area contributed by atoms with Crippen LogP contribution in [-0.4, -0.2) is 48.9 Å². The quantitative estimate of drug-likeness (QED) is 0.448. The molecule has 0 unspecified atom stereocenters. The fourth-order valence-corrected chi connectivity index (χ4v) is 0. The monoisotopic (exact) mass is 284 g/mol. The second kappa shape index (κ2) is 5.98. The first kappa shape index (κ1) is 10.1. The molecule has 0 saturated carbocycles. The third-order valence-electron chi connectivity index (χ3n) is 0. The summed E-state index contributed by atoms with van der Waals surface area (Å²) in [5.74, 6) is 0. The Labute approximate surface area is 76.2 Å². The maximum absolute atomic E-state index is 8.59. The van der Waals surface area contributed by atoms with Crippen LogP contribution in [0.1, 0.15) is 0 Å². The van der Waals surface area contributed by atoms with Crippen LogP contribution in [0.15, 0.2) is 0 Å². The Hall–Kier alpha value is 1.98. The first-order valence-electron chi connectivity index (χ1n) is 0.500. The molecule has 0 aromatic rings. The van der Waals surface area contributed by atoms with Gasteiger partial charge in [-0.25, -0.2) is 0 Å². The van der Waals surface area contributed by atoms with Crippen molar-refractivity contribution >= 4 is 48.9 Å². The molecule has 0 aliphatic heterocycles. The van der Waals surface area contributed by atoms with Gasteiger partial charge in [-0.1, -0.05) is 0 Å². The van der Waals surface area contributed by atoms with Gasteiger partial charge >= 0.3 is 77.8 Å². The van der Waals surface area contributed by atoms with Gasteiger partial charge < -0.3 is 0 Å². The molecule has 0 aliphatic rings. The first-order chi connectivity index (χ1) is 1.73. The van der Waals surface area contributed by atoms with E-state index in [0.717, 1.165) is 0 Å². The average Bonchev–Trinajstić information content (AvgIpc) is 0.811. The van der Waals surface area contributed by atoms with Crippen LogP contribution >= 0.6 is 0 Å². The Morgan fingerprint density at radius 3 is 1.40 bits per heavy atom. The molecular formula is BaMoO3. The van der Waals surface area contributed by atoms with E-state index in [4.69, 9.17) is 10.9 Å². The second-order valence-corrected chi connectivity index (χ2v) is 1.21. The summed E-state index contributed by atoms with van der Waals surface area (Å²) in [5.41, 5.74) is 0. The van der Waals surface area contributed by atoms with E-state index in [9.17, 15) is 0 Å². The fourth-order valence-electron chi connectivity index (χ4n) is 0. The predicted octanol–water partition coefficient (Wildman–Crippen LogP) is -2.88. The Morgan fingerprint density at radius 2 is 1.40 bits per heavy atom. The van der Waals surface area contributed by atoms with Crippen LogP contribution in [-0.2, 0) is 21.4 Å². The van der Waals surface area contributed by atoms with Crippen molar-refractivity contribution in [3.8, 4) is 0 Å². The van der Waals surface area contributed by atoms with Crippen molar-refractivity contribution in [1.82, 2.24) is 0 Å². The van der Waals surface area contributed by atoms with Gasteiger partial charge in [-0.2, -0.15) is 0 Å². The van der Waals surface area contributed by atoms with Crippen LogP contribution in [0, 0.1) is 0 Å². The molecule has 26 valence electrons. The van der Waals surface area contributed by atoms with E-state index in [1.807, 2.05) is 0 Å². The molecule has 0 aromatic carbocycles. The summed E-state index contributed by atoms with van der Waals surface area (Å²) in [5, 5.41) is 0. The minimum atomic E-state index is -4.11. The van der Waals surface area contributed by atoms with E-state index in [-0.39, 0.29) is 48.9 Å². The zero-order valence-electron chi connectivity index (χ0n) is 2.34. The summed E-state index contributed by atoms with van der Waals surface area (Å²) < 4.78 is 25.8. The first-order valence-corrected chi connectivity index (χ1v) is 2.96. The van der Waals surface area contributed by atoms with E-state index in [1.54, 1.807) is 0 Å². The molecule has 0 bridgehead atoms. The van der Waals surface area contributed by atoms with Gasteiger partial charge in [-0.3, -0.25) is 0 Å². The zero-order valence-corrected chi connectivity index (χ0v) is 8.79. The Balaban J connectivity index is 0. The molecule has 3 nitrogen and oxygen atoms in total. The van der Waals surface area contributed by atoms with Gasteiger partial charge in [-0.05, 0) is 0 Å². The Bertz CT molecular complexity index is 29.9. The summed E-state index contributed by atoms with van der Waals surface area (Å²) in [6.07, 6.45) is 0. The topological polar surface area (TPSA) is 63.2 Å². The molecule has 5 heteroatoms. The van der Waals surface area contributed by atoms with Crippen LogP contribution in [0.3, 0.4) is 0 Å². The standard InChI is InChI=1S/Ba.Mo.3O/q+2;;;2*-1. The molecule has 0 spiro atoms. The van der Waals surface area contributed by atoms with E-state index in [0.29, 0.717) is 0 Å². The van der Waals surface area contributed by atoms with Crippen LogP contribution < -0.4 is 7.52 Å². The molecule has 0 amide bonds. The van der Waals surface area contributed by atoms with Crippen LogP contribution in [0.2, 0.25) is 0 Å². The van der Waals surface area contributed by atoms with Crippen molar-refractivity contribution in [2.24, 2.45) is 0 Å². The molecule has 5 heavy (non-hydrogen) atoms. The van der Waals surface area contributed by atoms with Crippen molar-refractivity contribution in [2.45, 2.75) is 0 Å². The summed E-state index contributed by atoms with van der Waals surface area (Å²) in [7, 11) is 0. The number of hydrogen-bond acceptors (Lipinski definition) is 3. The van der Waals surface area contributed by atoms with E-state index >= 15 is 0 Å². The van der Waals surface area contributed by atoms with Gasteiger partial charge in [0.25, 0.3) is 0 Å². The Kier molecular flexibility index (Phi) is 12.0. The van der Waals surface area contributed by atoms with Crippen LogP contribution in [0.4, 0.5) is 0 Å². The number of rotatable bonds is 0. The van der Waals surface area contributed by atoms with Crippen molar-refractivity contribution in [1.29, 1.82) is 0 Å². The third kappa shape index (κ3) is 24.2. The van der Waals surface area contributed by atoms with Gasteiger partial charge in [-0.15, -0.1) is 0 Å². The fraction of sp³-hybridized carbons (Fsp3) is 0. The molecule has 0 aromatic heterocycles. The molecule has 0 radical (unpaired) electrons. The molecule has 0 heterocycles. The van der Waals surface area contributed by atoms with E-state index in [2.05, 4.69) is 0 Å². The number of hydrogen-bond donors (Lipinski definition) is 0. The summed E-state index contributed by atoms with van der Waals surface area (Å²) >= 11 is -4.11. The third-order valence-corrected chi connectivity index (χ3v) is 0. The Morgan fingerprint density at radius 1 is 1.40 bits per heavy atom. The molecule has 0 N–H and O–H groups in total. The van der Waals surface area contributed by atoms with Crippen molar-refractivity contribution in [2.75, 3.05) is 0 Å². The van der Waals surface area contributed by atoms with E-state index in [1.165, 1.54) is 0 Å². The molecule has 0 rings (SSSR count). The summed E-state index contributed by atoms with van der Waals surface area (Å²) in [4.78, 5) is 0. The second-order valence-electron chi connectivity index (χ2n) is 0.204. The molecular weight excluding hydrogens is 281 g/mol. The van der Waals surface area contributed by atoms with Gasteiger partial charge in [0.15, 0.2) is 0 Å². The van der Waals surface area contributed by atoms with Crippen LogP contribution in [0.5, 0.6) is 0 Å². The molecule has 0 aliphatic carbocycles. The van der Waals surface area contributed by atoms with Gasteiger partial charge in [0.05, 0.1) is 0 Å². The van der Waals surface area contributed by atoms with Gasteiger partial charge in [0, 0.05) is 0 Å². The average molecular weight is 281 g/mol. The van der Waals surface area contributed by atoms with Crippen molar-refractivity contribution in [3.05, 3.63) is 0 Å². The zero-order chi connectivity index (χ0) is 3.58. The molecule has 0 fully saturated rings. The van der Waals surface area contributed by atoms with Gasteiger partial charge in [0.1, 0.15) is 0 Å². The SMILES string of the molecule is [Ba+2].[O]=[Mo]([O-])[O-]. The van der Waals surface area contributed by atoms with Crippen LogP contribution in [0.25, 0.3) is 0 Å². The summed E-state index contributed by atoms with van der Waals surface area (Å²) in [6, 6.07) is 0. The maximum atomic E-state index is 8.59. The molecule has 0 saturated heterocycles. The van der Waals surface area contributed by atoms with E-state index < -0.39 is 18.0 Å². The molecule has 0 atom stereocenters. The predicted molar refractivity (Wildman–Crippen MR) is 6.44 cm³/mol. The van der Waals surface area contributed by atoms with Crippen molar-refractivity contribution in [3.63, 3.8) is 0 Å².